The molecule has 0 amide bonds. The van der Waals surface area contributed by atoms with Crippen LogP contribution in [0.15, 0.2) is 24.3 Å². The second-order valence-electron chi connectivity index (χ2n) is 15.5. The minimum Gasteiger partial charge on any atom is -0.550 e. The summed E-state index contributed by atoms with van der Waals surface area (Å²) in [6, 6.07) is 0. The molecule has 10 heteroatoms. The number of ketones is 3. The Morgan fingerprint density at radius 3 is 0.776 bits per heavy atom. The zero-order valence-electron chi connectivity index (χ0n) is 37.3. The van der Waals surface area contributed by atoms with Gasteiger partial charge in [0.2, 0.25) is 0 Å². The summed E-state index contributed by atoms with van der Waals surface area (Å²) in [5, 5.41) is 30.0. The molecule has 0 aromatic rings. The number of carbonyl (C=O) groups excluding carboxylic acids is 6. The van der Waals surface area contributed by atoms with Crippen molar-refractivity contribution in [1.29, 1.82) is 0 Å². The van der Waals surface area contributed by atoms with Crippen LogP contribution < -0.4 is 15.3 Å². The van der Waals surface area contributed by atoms with Gasteiger partial charge in [-0.15, -0.1) is 0 Å². The Balaban J connectivity index is -0.000000424. The molecule has 0 aliphatic rings. The van der Waals surface area contributed by atoms with Crippen molar-refractivity contribution in [3.8, 4) is 0 Å². The Kier molecular flexibility index (Phi) is 56.1. The Hall–Kier alpha value is -2.57. The minimum atomic E-state index is -1.31. The number of carbonyl (C=O) groups is 6. The van der Waals surface area contributed by atoms with Crippen LogP contribution in [0.5, 0.6) is 0 Å². The third-order valence-corrected chi connectivity index (χ3v) is 9.51. The van der Waals surface area contributed by atoms with Crippen LogP contribution in [0, 0.1) is 0 Å². The van der Waals surface area contributed by atoms with E-state index in [1.165, 1.54) is 161 Å². The van der Waals surface area contributed by atoms with Gasteiger partial charge in [0.1, 0.15) is 17.3 Å². The van der Waals surface area contributed by atoms with Crippen LogP contribution in [0.1, 0.15) is 245 Å². The van der Waals surface area contributed by atoms with E-state index in [9.17, 15) is 44.1 Å². The van der Waals surface area contributed by atoms with E-state index < -0.39 is 37.2 Å². The van der Waals surface area contributed by atoms with E-state index in [0.29, 0.717) is 12.8 Å². The molecule has 0 bridgehead atoms. The van der Waals surface area contributed by atoms with E-state index in [1.54, 1.807) is 0 Å². The summed E-state index contributed by atoms with van der Waals surface area (Å²) >= 11 is 0. The molecule has 0 aliphatic carbocycles. The van der Waals surface area contributed by atoms with Crippen molar-refractivity contribution < 1.29 is 44.1 Å². The first-order valence-corrected chi connectivity index (χ1v) is 22.9. The van der Waals surface area contributed by atoms with Gasteiger partial charge in [0.05, 0.1) is 0 Å². The zero-order valence-corrected chi connectivity index (χ0v) is 38.5. The van der Waals surface area contributed by atoms with Gasteiger partial charge < -0.3 is 29.7 Å². The van der Waals surface area contributed by atoms with Gasteiger partial charge in [0.15, 0.2) is 0 Å². The Morgan fingerprint density at radius 2 is 0.569 bits per heavy atom. The molecule has 0 radical (unpaired) electrons. The summed E-state index contributed by atoms with van der Waals surface area (Å²) in [7, 11) is 0. The second kappa shape index (κ2) is 52.5. The topological polar surface area (TPSA) is 172 Å². The van der Waals surface area contributed by atoms with Crippen LogP contribution in [-0.4, -0.2) is 52.6 Å². The first-order chi connectivity index (χ1) is 27.5. The second-order valence-corrected chi connectivity index (χ2v) is 15.5. The monoisotopic (exact) mass is 831 g/mol. The van der Waals surface area contributed by atoms with Crippen molar-refractivity contribution in [2.24, 2.45) is 0 Å². The molecule has 0 N–H and O–H groups in total. The van der Waals surface area contributed by atoms with Gasteiger partial charge in [0.25, 0.3) is 0 Å². The summed E-state index contributed by atoms with van der Waals surface area (Å²) in [5.41, 5.74) is 0. The number of aliphatic carboxylic acids is 3. The number of Topliss-reactive ketones (excluding diaryl/α,β-unsaturated/α-hetero) is 3. The molecule has 0 aromatic carbocycles. The first-order valence-electron chi connectivity index (χ1n) is 22.9. The standard InChI is InChI=1S/2C22H40O3.C4H6O3.Al/c2*1-2-3-4-5-6-7-8-9-10-11-12-13-14-15-16-17-18-19-21(23)20-22(24)25;1-3(5)2-4(6)7;/h2*9-10H,2-8,11-20H2,1H3,(H,24,25);2H2,1H3,(H,6,7);/q;;;+3/p-3/b2*10-9-;;. The third-order valence-electron chi connectivity index (χ3n) is 9.51. The molecule has 58 heavy (non-hydrogen) atoms. The number of unbranched alkanes of at least 4 members (excludes halogenated alkanes) is 26. The van der Waals surface area contributed by atoms with Crippen LogP contribution in [0.2, 0.25) is 0 Å². The van der Waals surface area contributed by atoms with Crippen molar-refractivity contribution in [3.05, 3.63) is 24.3 Å². The van der Waals surface area contributed by atoms with E-state index in [0.717, 1.165) is 38.5 Å². The average molecular weight is 831 g/mol. The van der Waals surface area contributed by atoms with Crippen LogP contribution >= 0.6 is 0 Å². The molecule has 0 spiro atoms. The van der Waals surface area contributed by atoms with E-state index in [4.69, 9.17) is 0 Å². The van der Waals surface area contributed by atoms with Crippen molar-refractivity contribution in [2.45, 2.75) is 245 Å². The zero-order chi connectivity index (χ0) is 43.0. The summed E-state index contributed by atoms with van der Waals surface area (Å²) in [4.78, 5) is 62.2. The predicted octanol–water partition coefficient (Wildman–Crippen LogP) is 9.36. The Morgan fingerprint density at radius 1 is 0.345 bits per heavy atom. The molecule has 9 nitrogen and oxygen atoms in total. The van der Waals surface area contributed by atoms with Gasteiger partial charge in [-0.25, -0.2) is 0 Å². The number of hydrogen-bond donors (Lipinski definition) is 0. The normalized spacial score (nSPS) is 10.7. The fourth-order valence-corrected chi connectivity index (χ4v) is 6.19. The fourth-order valence-electron chi connectivity index (χ4n) is 6.19. The van der Waals surface area contributed by atoms with Crippen molar-refractivity contribution >= 4 is 52.6 Å². The molecule has 0 aromatic heterocycles. The number of allylic oxidation sites excluding steroid dienone is 4. The first kappa shape index (κ1) is 62.1. The van der Waals surface area contributed by atoms with Crippen molar-refractivity contribution in [1.82, 2.24) is 0 Å². The minimum absolute atomic E-state index is 0. The van der Waals surface area contributed by atoms with Gasteiger partial charge in [-0.05, 0) is 71.1 Å². The van der Waals surface area contributed by atoms with Gasteiger partial charge in [-0.2, -0.15) is 0 Å². The van der Waals surface area contributed by atoms with E-state index in [1.807, 2.05) is 0 Å². The molecule has 0 rings (SSSR count). The molecule has 0 atom stereocenters. The fraction of sp³-hybridized carbons (Fsp3) is 0.792. The molecule has 0 unspecified atom stereocenters. The smallest absolute Gasteiger partial charge is 0.550 e. The number of hydrogen-bond acceptors (Lipinski definition) is 9. The molecular weight excluding hydrogens is 748 g/mol. The molecule has 0 heterocycles. The maximum absolute atomic E-state index is 11.2. The van der Waals surface area contributed by atoms with Crippen LogP contribution in [0.4, 0.5) is 0 Å². The van der Waals surface area contributed by atoms with Crippen molar-refractivity contribution in [3.63, 3.8) is 0 Å². The van der Waals surface area contributed by atoms with E-state index in [-0.39, 0.29) is 34.7 Å². The van der Waals surface area contributed by atoms with Gasteiger partial charge in [0, 0.05) is 50.0 Å². The third kappa shape index (κ3) is 65.3. The number of carboxylic acids is 3. The Labute approximate surface area is 365 Å². The van der Waals surface area contributed by atoms with Gasteiger partial charge in [-0.1, -0.05) is 167 Å². The maximum Gasteiger partial charge on any atom is 3.00 e. The molecule has 0 saturated heterocycles. The van der Waals surface area contributed by atoms with Crippen molar-refractivity contribution in [2.75, 3.05) is 0 Å². The van der Waals surface area contributed by atoms with Gasteiger partial charge in [-0.3, -0.25) is 14.4 Å². The van der Waals surface area contributed by atoms with Gasteiger partial charge >= 0.3 is 17.4 Å². The Bertz CT molecular complexity index is 958. The largest absolute Gasteiger partial charge is 3.00 e. The number of carboxylic acid groups (broad SMARTS) is 3. The number of rotatable bonds is 40. The predicted molar refractivity (Wildman–Crippen MR) is 233 cm³/mol. The van der Waals surface area contributed by atoms with Crippen LogP contribution in [0.25, 0.3) is 0 Å². The summed E-state index contributed by atoms with van der Waals surface area (Å²) < 4.78 is 0. The summed E-state index contributed by atoms with van der Waals surface area (Å²) in [6.45, 7) is 5.72. The summed E-state index contributed by atoms with van der Waals surface area (Å²) in [5.74, 6) is -4.61. The summed E-state index contributed by atoms with van der Waals surface area (Å²) in [6.07, 6.45) is 46.2. The van der Waals surface area contributed by atoms with Crippen LogP contribution in [-0.2, 0) is 28.8 Å². The van der Waals surface area contributed by atoms with E-state index >= 15 is 0 Å². The maximum atomic E-state index is 11.2. The van der Waals surface area contributed by atoms with E-state index in [2.05, 4.69) is 38.2 Å². The molecule has 332 valence electrons. The SMILES string of the molecule is CC(=O)CC(=O)[O-].CCCCCCCC/C=C\CCCCCCCCCC(=O)CC(=O)[O-].CCCCCCCC/C=C\CCCCCCCCCC(=O)CC(=O)[O-].[Al+3]. The molecule has 0 saturated carbocycles. The average Bonchev–Trinajstić information content (AvgIpc) is 3.13. The molecule has 0 fully saturated rings. The quantitative estimate of drug-likeness (QED) is 0.0253. The van der Waals surface area contributed by atoms with Crippen LogP contribution in [0.3, 0.4) is 0 Å². The molecular formula is C48H83AlO9. The molecule has 0 aliphatic heterocycles.